The number of carbonyl (C=O) groups excluding carboxylic acids is 3. The second-order valence-electron chi connectivity index (χ2n) is 7.98. The van der Waals surface area contributed by atoms with Gasteiger partial charge >= 0.3 is 18.1 Å². The minimum atomic E-state index is -1.13. The number of hydrogen-bond donors (Lipinski definition) is 3. The van der Waals surface area contributed by atoms with Crippen LogP contribution in [0.4, 0.5) is 9.59 Å². The summed E-state index contributed by atoms with van der Waals surface area (Å²) in [5.74, 6) is -0.836. The molecule has 1 aliphatic rings. The molecule has 10 nitrogen and oxygen atoms in total. The molecule has 10 heteroatoms. The average molecular weight is 500 g/mol. The number of urea groups is 1. The third kappa shape index (κ3) is 6.96. The molecule has 2 aromatic carbocycles. The van der Waals surface area contributed by atoms with Gasteiger partial charge in [-0.25, -0.2) is 14.4 Å². The fourth-order valence-electron chi connectivity index (χ4n) is 4.09. The molecular weight excluding hydrogens is 466 g/mol. The Morgan fingerprint density at radius 3 is 1.97 bits per heavy atom. The van der Waals surface area contributed by atoms with Crippen molar-refractivity contribution in [1.82, 2.24) is 16.0 Å². The lowest BCUT2D eigenvalue weighted by Gasteiger charge is -2.20. The van der Waals surface area contributed by atoms with Crippen LogP contribution >= 0.6 is 0 Å². The molecule has 0 unspecified atom stereocenters. The Hall–Kier alpha value is -3.63. The SMILES string of the molecule is CCOC(CNC(=O)NC[C@H](NC(=O)OCC1c2ccccc2-c2ccccc21)C(=O)OC)OCC. The van der Waals surface area contributed by atoms with E-state index in [1.807, 2.05) is 62.4 Å². The van der Waals surface area contributed by atoms with E-state index in [9.17, 15) is 14.4 Å². The molecule has 1 atom stereocenters. The van der Waals surface area contributed by atoms with Gasteiger partial charge in [-0.15, -0.1) is 0 Å². The smallest absolute Gasteiger partial charge is 0.407 e. The van der Waals surface area contributed by atoms with Crippen molar-refractivity contribution in [1.29, 1.82) is 0 Å². The Morgan fingerprint density at radius 1 is 0.861 bits per heavy atom. The molecule has 0 saturated heterocycles. The predicted molar refractivity (Wildman–Crippen MR) is 132 cm³/mol. The van der Waals surface area contributed by atoms with Crippen LogP contribution in [0, 0.1) is 0 Å². The maximum atomic E-state index is 12.6. The third-order valence-electron chi connectivity index (χ3n) is 5.72. The Kier molecular flexibility index (Phi) is 10.1. The van der Waals surface area contributed by atoms with Gasteiger partial charge in [0.25, 0.3) is 0 Å². The summed E-state index contributed by atoms with van der Waals surface area (Å²) in [4.78, 5) is 36.9. The van der Waals surface area contributed by atoms with Crippen LogP contribution < -0.4 is 16.0 Å². The van der Waals surface area contributed by atoms with Gasteiger partial charge in [-0.05, 0) is 36.1 Å². The first kappa shape index (κ1) is 27.0. The molecule has 0 heterocycles. The fourth-order valence-corrected chi connectivity index (χ4v) is 4.09. The molecule has 3 rings (SSSR count). The first-order valence-corrected chi connectivity index (χ1v) is 11.9. The number of rotatable bonds is 12. The van der Waals surface area contributed by atoms with Crippen molar-refractivity contribution in [3.63, 3.8) is 0 Å². The second-order valence-corrected chi connectivity index (χ2v) is 7.98. The van der Waals surface area contributed by atoms with Crippen LogP contribution in [0.1, 0.15) is 30.9 Å². The van der Waals surface area contributed by atoms with Gasteiger partial charge < -0.3 is 34.9 Å². The Labute approximate surface area is 210 Å². The van der Waals surface area contributed by atoms with Gasteiger partial charge in [0.15, 0.2) is 6.29 Å². The molecule has 3 amide bonds. The van der Waals surface area contributed by atoms with Gasteiger partial charge in [-0.2, -0.15) is 0 Å². The molecular formula is C26H33N3O7. The summed E-state index contributed by atoms with van der Waals surface area (Å²) in [7, 11) is 1.20. The minimum absolute atomic E-state index is 0.0952. The van der Waals surface area contributed by atoms with Crippen LogP contribution in [0.3, 0.4) is 0 Å². The first-order valence-electron chi connectivity index (χ1n) is 11.9. The molecule has 0 spiro atoms. The van der Waals surface area contributed by atoms with Crippen LogP contribution in [-0.4, -0.2) is 70.4 Å². The van der Waals surface area contributed by atoms with Gasteiger partial charge in [0, 0.05) is 19.1 Å². The number of methoxy groups -OCH3 is 1. The monoisotopic (exact) mass is 499 g/mol. The van der Waals surface area contributed by atoms with Gasteiger partial charge in [0.1, 0.15) is 12.6 Å². The van der Waals surface area contributed by atoms with E-state index in [0.717, 1.165) is 22.3 Å². The number of alkyl carbamates (subject to hydrolysis) is 1. The maximum absolute atomic E-state index is 12.6. The highest BCUT2D eigenvalue weighted by Crippen LogP contribution is 2.44. The topological polar surface area (TPSA) is 124 Å². The molecule has 1 aliphatic carbocycles. The highest BCUT2D eigenvalue weighted by molar-refractivity contribution is 5.83. The van der Waals surface area contributed by atoms with E-state index in [2.05, 4.69) is 16.0 Å². The van der Waals surface area contributed by atoms with Crippen molar-refractivity contribution >= 4 is 18.1 Å². The Bertz CT molecular complexity index is 994. The van der Waals surface area contributed by atoms with E-state index in [1.165, 1.54) is 7.11 Å². The second kappa shape index (κ2) is 13.5. The van der Waals surface area contributed by atoms with Gasteiger partial charge in [-0.1, -0.05) is 48.5 Å². The zero-order chi connectivity index (χ0) is 25.9. The van der Waals surface area contributed by atoms with Crippen molar-refractivity contribution in [3.05, 3.63) is 59.7 Å². The first-order chi connectivity index (χ1) is 17.5. The lowest BCUT2D eigenvalue weighted by molar-refractivity contribution is -0.142. The van der Waals surface area contributed by atoms with Crippen molar-refractivity contribution in [2.45, 2.75) is 32.1 Å². The summed E-state index contributed by atoms with van der Waals surface area (Å²) in [5.41, 5.74) is 4.37. The number of hydrogen-bond acceptors (Lipinski definition) is 7. The molecule has 194 valence electrons. The largest absolute Gasteiger partial charge is 0.467 e. The van der Waals surface area contributed by atoms with Crippen molar-refractivity contribution in [3.8, 4) is 11.1 Å². The minimum Gasteiger partial charge on any atom is -0.467 e. The Morgan fingerprint density at radius 2 is 1.42 bits per heavy atom. The van der Waals surface area contributed by atoms with Gasteiger partial charge in [-0.3, -0.25) is 0 Å². The standard InChI is InChI=1S/C26H33N3O7/c1-4-34-23(35-5-2)15-28-25(31)27-14-22(24(30)33-3)29-26(32)36-16-21-19-12-8-6-10-17(19)18-11-7-9-13-20(18)21/h6-13,21-23H,4-5,14-16H2,1-3H3,(H,29,32)(H2,27,28,31)/t22-/m0/s1. The molecule has 0 aliphatic heterocycles. The number of fused-ring (bicyclic) bond motifs is 3. The number of nitrogens with one attached hydrogen (secondary N) is 3. The molecule has 0 radical (unpaired) electrons. The Balaban J connectivity index is 1.53. The molecule has 36 heavy (non-hydrogen) atoms. The van der Waals surface area contributed by atoms with Crippen molar-refractivity contribution in [2.24, 2.45) is 0 Å². The van der Waals surface area contributed by atoms with E-state index in [0.29, 0.717) is 13.2 Å². The fraction of sp³-hybridized carbons (Fsp3) is 0.423. The van der Waals surface area contributed by atoms with E-state index < -0.39 is 30.4 Å². The lowest BCUT2D eigenvalue weighted by Crippen LogP contribution is -2.51. The van der Waals surface area contributed by atoms with Crippen LogP contribution in [0.2, 0.25) is 0 Å². The molecule has 2 aromatic rings. The maximum Gasteiger partial charge on any atom is 0.407 e. The van der Waals surface area contributed by atoms with Crippen LogP contribution in [0.5, 0.6) is 0 Å². The summed E-state index contributed by atoms with van der Waals surface area (Å²) in [6.07, 6.45) is -1.37. The summed E-state index contributed by atoms with van der Waals surface area (Å²) >= 11 is 0. The number of ether oxygens (including phenoxy) is 4. The summed E-state index contributed by atoms with van der Waals surface area (Å²) in [6, 6.07) is 14.3. The molecule has 3 N–H and O–H groups in total. The third-order valence-corrected chi connectivity index (χ3v) is 5.72. The highest BCUT2D eigenvalue weighted by atomic mass is 16.7. The lowest BCUT2D eigenvalue weighted by atomic mass is 9.98. The molecule has 0 bridgehead atoms. The van der Waals surface area contributed by atoms with E-state index in [-0.39, 0.29) is 25.6 Å². The number of benzene rings is 2. The van der Waals surface area contributed by atoms with Gasteiger partial charge in [0.05, 0.1) is 20.2 Å². The van der Waals surface area contributed by atoms with Crippen molar-refractivity contribution in [2.75, 3.05) is 40.0 Å². The normalized spacial score (nSPS) is 12.9. The molecule has 0 fully saturated rings. The predicted octanol–water partition coefficient (Wildman–Crippen LogP) is 2.77. The summed E-state index contributed by atoms with van der Waals surface area (Å²) in [6.45, 7) is 4.53. The summed E-state index contributed by atoms with van der Waals surface area (Å²) < 4.78 is 21.0. The number of carbonyl (C=O) groups is 3. The van der Waals surface area contributed by atoms with Crippen LogP contribution in [0.15, 0.2) is 48.5 Å². The van der Waals surface area contributed by atoms with E-state index >= 15 is 0 Å². The van der Waals surface area contributed by atoms with Crippen LogP contribution in [-0.2, 0) is 23.7 Å². The van der Waals surface area contributed by atoms with Gasteiger partial charge in [0.2, 0.25) is 0 Å². The zero-order valence-electron chi connectivity index (χ0n) is 20.7. The van der Waals surface area contributed by atoms with Crippen LogP contribution in [0.25, 0.3) is 11.1 Å². The summed E-state index contributed by atoms with van der Waals surface area (Å²) in [5, 5.41) is 7.61. The average Bonchev–Trinajstić information content (AvgIpc) is 3.22. The van der Waals surface area contributed by atoms with E-state index in [4.69, 9.17) is 18.9 Å². The molecule has 0 aromatic heterocycles. The quantitative estimate of drug-likeness (QED) is 0.303. The van der Waals surface area contributed by atoms with E-state index in [1.54, 1.807) is 0 Å². The zero-order valence-corrected chi connectivity index (χ0v) is 20.7. The highest BCUT2D eigenvalue weighted by Gasteiger charge is 2.30. The van der Waals surface area contributed by atoms with Crippen molar-refractivity contribution < 1.29 is 33.3 Å². The molecule has 0 saturated carbocycles. The number of esters is 1. The number of amides is 3.